The number of benzene rings is 1. The Morgan fingerprint density at radius 2 is 1.70 bits per heavy atom. The standard InChI is InChI=1S/C28H40N4O8/c1-27(2,3)39-25(34)32-16-22(37-26(35)40-28(4,5)6)23(21(32)14-18-8-10-20(36-7)11-9-18)38-24(33)30-13-12-19-15-29-17-31-19/h8-11,15,17,21-23H,12-14,16H2,1-7H3,(H,29,31)(H,30,33)/t21-,22+,23+/m1/s1. The fourth-order valence-corrected chi connectivity index (χ4v) is 4.16. The van der Waals surface area contributed by atoms with Gasteiger partial charge in [0.1, 0.15) is 17.0 Å². The molecular formula is C28H40N4O8. The zero-order valence-electron chi connectivity index (χ0n) is 24.2. The molecule has 0 aliphatic carbocycles. The molecule has 1 aliphatic heterocycles. The summed E-state index contributed by atoms with van der Waals surface area (Å²) in [6.07, 6.45) is -0.237. The second-order valence-corrected chi connectivity index (χ2v) is 11.5. The van der Waals surface area contributed by atoms with E-state index in [9.17, 15) is 14.4 Å². The first-order valence-corrected chi connectivity index (χ1v) is 13.2. The SMILES string of the molecule is COc1ccc(C[C@@H]2[C@H](OC(=O)NCCc3cnc[nH]3)[C@@H](OC(=O)OC(C)(C)C)CN2C(=O)OC(C)(C)C)cc1. The number of imidazole rings is 1. The third-order valence-corrected chi connectivity index (χ3v) is 5.85. The zero-order valence-corrected chi connectivity index (χ0v) is 24.2. The fraction of sp³-hybridized carbons (Fsp3) is 0.571. The van der Waals surface area contributed by atoms with E-state index in [0.717, 1.165) is 11.3 Å². The van der Waals surface area contributed by atoms with Crippen molar-refractivity contribution in [3.05, 3.63) is 48.0 Å². The van der Waals surface area contributed by atoms with Gasteiger partial charge in [0.05, 0.1) is 26.0 Å². The first-order chi connectivity index (χ1) is 18.7. The minimum atomic E-state index is -1.01. The van der Waals surface area contributed by atoms with Gasteiger partial charge in [0.25, 0.3) is 0 Å². The summed E-state index contributed by atoms with van der Waals surface area (Å²) >= 11 is 0. The van der Waals surface area contributed by atoms with Gasteiger partial charge in [-0.2, -0.15) is 0 Å². The quantitative estimate of drug-likeness (QED) is 0.358. The molecule has 0 spiro atoms. The molecule has 220 valence electrons. The van der Waals surface area contributed by atoms with E-state index in [1.165, 1.54) is 4.90 Å². The number of aromatic nitrogens is 2. The normalized spacial score (nSPS) is 19.1. The van der Waals surface area contributed by atoms with Crippen LogP contribution in [0.25, 0.3) is 0 Å². The highest BCUT2D eigenvalue weighted by molar-refractivity contribution is 5.71. The van der Waals surface area contributed by atoms with Crippen molar-refractivity contribution in [2.24, 2.45) is 0 Å². The molecular weight excluding hydrogens is 520 g/mol. The van der Waals surface area contributed by atoms with E-state index in [1.54, 1.807) is 73.3 Å². The van der Waals surface area contributed by atoms with E-state index < -0.39 is 47.8 Å². The van der Waals surface area contributed by atoms with Crippen molar-refractivity contribution in [2.75, 3.05) is 20.2 Å². The summed E-state index contributed by atoms with van der Waals surface area (Å²) in [6, 6.07) is 6.61. The molecule has 0 saturated carbocycles. The zero-order chi connectivity index (χ0) is 29.5. The molecule has 3 rings (SSSR count). The average Bonchev–Trinajstić information content (AvgIpc) is 3.46. The summed E-state index contributed by atoms with van der Waals surface area (Å²) in [6.45, 7) is 10.6. The molecule has 2 aromatic rings. The van der Waals surface area contributed by atoms with Gasteiger partial charge in [0.2, 0.25) is 0 Å². The van der Waals surface area contributed by atoms with Crippen LogP contribution >= 0.6 is 0 Å². The predicted molar refractivity (Wildman–Crippen MR) is 145 cm³/mol. The molecule has 40 heavy (non-hydrogen) atoms. The summed E-state index contributed by atoms with van der Waals surface area (Å²) in [4.78, 5) is 47.2. The van der Waals surface area contributed by atoms with Gasteiger partial charge in [-0.1, -0.05) is 12.1 Å². The second-order valence-electron chi connectivity index (χ2n) is 11.5. The number of hydrogen-bond donors (Lipinski definition) is 2. The Balaban J connectivity index is 1.86. The highest BCUT2D eigenvalue weighted by Crippen LogP contribution is 2.30. The molecule has 1 aromatic carbocycles. The summed E-state index contributed by atoms with van der Waals surface area (Å²) in [5, 5.41) is 2.71. The Labute approximate surface area is 234 Å². The van der Waals surface area contributed by atoms with Gasteiger partial charge in [0.15, 0.2) is 12.2 Å². The van der Waals surface area contributed by atoms with Crippen molar-refractivity contribution in [3.8, 4) is 5.75 Å². The van der Waals surface area contributed by atoms with Crippen LogP contribution in [0.1, 0.15) is 52.8 Å². The number of hydrogen-bond acceptors (Lipinski definition) is 9. The van der Waals surface area contributed by atoms with Gasteiger partial charge in [-0.05, 0) is 65.7 Å². The van der Waals surface area contributed by atoms with Crippen LogP contribution < -0.4 is 10.1 Å². The van der Waals surface area contributed by atoms with Crippen LogP contribution in [0.15, 0.2) is 36.8 Å². The number of carbonyl (C=O) groups is 3. The third-order valence-electron chi connectivity index (χ3n) is 5.85. The topological polar surface area (TPSA) is 141 Å². The summed E-state index contributed by atoms with van der Waals surface area (Å²) in [7, 11) is 1.57. The summed E-state index contributed by atoms with van der Waals surface area (Å²) in [5.41, 5.74) is 0.127. The van der Waals surface area contributed by atoms with Gasteiger partial charge in [-0.25, -0.2) is 19.4 Å². The first kappa shape index (κ1) is 30.6. The molecule has 1 fully saturated rings. The second kappa shape index (κ2) is 12.9. The molecule has 2 amide bonds. The number of ether oxygens (including phenoxy) is 5. The van der Waals surface area contributed by atoms with Crippen molar-refractivity contribution in [1.29, 1.82) is 0 Å². The molecule has 1 saturated heterocycles. The highest BCUT2D eigenvalue weighted by Gasteiger charge is 2.50. The number of nitrogens with zero attached hydrogens (tertiary/aromatic N) is 2. The van der Waals surface area contributed by atoms with Gasteiger partial charge >= 0.3 is 18.3 Å². The smallest absolute Gasteiger partial charge is 0.497 e. The van der Waals surface area contributed by atoms with Gasteiger partial charge in [-0.15, -0.1) is 0 Å². The van der Waals surface area contributed by atoms with Gasteiger partial charge < -0.3 is 34.0 Å². The Bertz CT molecular complexity index is 1120. The Morgan fingerprint density at radius 1 is 1.02 bits per heavy atom. The number of carbonyl (C=O) groups excluding carboxylic acids is 3. The number of aromatic amines is 1. The van der Waals surface area contributed by atoms with Gasteiger partial charge in [0, 0.05) is 24.9 Å². The lowest BCUT2D eigenvalue weighted by molar-refractivity contribution is -0.0517. The maximum Gasteiger partial charge on any atom is 0.509 e. The molecule has 3 atom stereocenters. The van der Waals surface area contributed by atoms with Crippen molar-refractivity contribution in [1.82, 2.24) is 20.2 Å². The number of rotatable bonds is 8. The monoisotopic (exact) mass is 560 g/mol. The molecule has 12 heteroatoms. The van der Waals surface area contributed by atoms with Crippen LogP contribution in [0.3, 0.4) is 0 Å². The van der Waals surface area contributed by atoms with Crippen LogP contribution in [-0.2, 0) is 31.8 Å². The number of amides is 2. The Hall–Kier alpha value is -3.96. The number of nitrogens with one attached hydrogen (secondary N) is 2. The van der Waals surface area contributed by atoms with Crippen molar-refractivity contribution in [2.45, 2.75) is 83.8 Å². The fourth-order valence-electron chi connectivity index (χ4n) is 4.16. The van der Waals surface area contributed by atoms with E-state index >= 15 is 0 Å². The molecule has 2 N–H and O–H groups in total. The van der Waals surface area contributed by atoms with Crippen LogP contribution in [0, 0.1) is 0 Å². The van der Waals surface area contributed by atoms with Crippen molar-refractivity contribution >= 4 is 18.3 Å². The molecule has 12 nitrogen and oxygen atoms in total. The Kier molecular flexibility index (Phi) is 9.88. The van der Waals surface area contributed by atoms with E-state index in [2.05, 4.69) is 15.3 Å². The van der Waals surface area contributed by atoms with E-state index in [4.69, 9.17) is 23.7 Å². The summed E-state index contributed by atoms with van der Waals surface area (Å²) in [5.74, 6) is 0.676. The minimum Gasteiger partial charge on any atom is -0.497 e. The lowest BCUT2D eigenvalue weighted by Crippen LogP contribution is -2.46. The molecule has 0 bridgehead atoms. The number of methoxy groups -OCH3 is 1. The number of H-pyrrole nitrogens is 1. The molecule has 0 radical (unpaired) electrons. The summed E-state index contributed by atoms with van der Waals surface area (Å²) < 4.78 is 27.7. The number of alkyl carbamates (subject to hydrolysis) is 1. The third kappa shape index (κ3) is 9.35. The van der Waals surface area contributed by atoms with Crippen LogP contribution in [0.4, 0.5) is 14.4 Å². The average molecular weight is 561 g/mol. The molecule has 0 unspecified atom stereocenters. The van der Waals surface area contributed by atoms with E-state index in [1.807, 2.05) is 12.1 Å². The number of likely N-dealkylation sites (tertiary alicyclic amines) is 1. The van der Waals surface area contributed by atoms with Crippen LogP contribution in [-0.4, -0.2) is 82.9 Å². The van der Waals surface area contributed by atoms with E-state index in [-0.39, 0.29) is 13.1 Å². The Morgan fingerprint density at radius 3 is 2.27 bits per heavy atom. The largest absolute Gasteiger partial charge is 0.509 e. The van der Waals surface area contributed by atoms with Crippen LogP contribution in [0.2, 0.25) is 0 Å². The molecule has 1 aromatic heterocycles. The first-order valence-electron chi connectivity index (χ1n) is 13.2. The maximum absolute atomic E-state index is 13.3. The van der Waals surface area contributed by atoms with Gasteiger partial charge in [-0.3, -0.25) is 4.90 Å². The van der Waals surface area contributed by atoms with Crippen molar-refractivity contribution < 1.29 is 38.1 Å². The molecule has 1 aliphatic rings. The lowest BCUT2D eigenvalue weighted by atomic mass is 10.0. The molecule has 2 heterocycles. The lowest BCUT2D eigenvalue weighted by Gasteiger charge is -2.30. The van der Waals surface area contributed by atoms with Crippen molar-refractivity contribution in [3.63, 3.8) is 0 Å². The van der Waals surface area contributed by atoms with Crippen LogP contribution in [0.5, 0.6) is 5.75 Å². The highest BCUT2D eigenvalue weighted by atomic mass is 16.7. The minimum absolute atomic E-state index is 0.0545. The predicted octanol–water partition coefficient (Wildman–Crippen LogP) is 4.24. The maximum atomic E-state index is 13.3. The van der Waals surface area contributed by atoms with E-state index in [0.29, 0.717) is 18.6 Å².